The molecular weight excluding hydrogens is 519 g/mol. The van der Waals surface area contributed by atoms with Crippen LogP contribution in [0.25, 0.3) is 10.8 Å². The molecule has 2 N–H and O–H groups in total. The Kier molecular flexibility index (Phi) is 8.68. The van der Waals surface area contributed by atoms with Crippen LogP contribution in [0.3, 0.4) is 0 Å². The average Bonchev–Trinajstić information content (AvgIpc) is 3.11. The van der Waals surface area contributed by atoms with Crippen molar-refractivity contribution in [3.63, 3.8) is 0 Å². The fourth-order valence-corrected chi connectivity index (χ4v) is 4.15. The van der Waals surface area contributed by atoms with E-state index in [9.17, 15) is 9.59 Å². The van der Waals surface area contributed by atoms with Gasteiger partial charge in [0, 0.05) is 39.3 Å². The van der Waals surface area contributed by atoms with Crippen molar-refractivity contribution in [3.8, 4) is 0 Å². The van der Waals surface area contributed by atoms with Crippen LogP contribution in [-0.4, -0.2) is 85.0 Å². The topological polar surface area (TPSA) is 80.3 Å². The van der Waals surface area contributed by atoms with Gasteiger partial charge in [0.2, 0.25) is 5.91 Å². The molecule has 8 nitrogen and oxygen atoms in total. The summed E-state index contributed by atoms with van der Waals surface area (Å²) in [5.74, 6) is 0.659. The highest BCUT2D eigenvalue weighted by Gasteiger charge is 2.28. The summed E-state index contributed by atoms with van der Waals surface area (Å²) < 4.78 is 0. The molecule has 0 aromatic heterocycles. The van der Waals surface area contributed by atoms with E-state index in [1.54, 1.807) is 0 Å². The zero-order valence-electron chi connectivity index (χ0n) is 18.4. The number of nitrogens with one attached hydrogen (secondary N) is 2. The van der Waals surface area contributed by atoms with Crippen LogP contribution in [0.4, 0.5) is 4.79 Å². The summed E-state index contributed by atoms with van der Waals surface area (Å²) in [4.78, 5) is 34.0. The lowest BCUT2D eigenvalue weighted by Crippen LogP contribution is -2.52. The lowest BCUT2D eigenvalue weighted by Gasteiger charge is -2.36. The molecule has 2 aliphatic heterocycles. The Hall–Kier alpha value is -2.40. The molecule has 3 amide bonds. The third kappa shape index (κ3) is 5.69. The molecule has 9 heteroatoms. The number of amides is 3. The monoisotopic (exact) mass is 550 g/mol. The summed E-state index contributed by atoms with van der Waals surface area (Å²) >= 11 is 0. The summed E-state index contributed by atoms with van der Waals surface area (Å²) in [6, 6.07) is 14.7. The predicted molar refractivity (Wildman–Crippen MR) is 137 cm³/mol. The van der Waals surface area contributed by atoms with E-state index in [1.165, 1.54) is 21.2 Å². The molecule has 0 radical (unpaired) electrons. The summed E-state index contributed by atoms with van der Waals surface area (Å²) in [6.07, 6.45) is 0. The number of urea groups is 1. The standard InChI is InChI=1S/C23H30N6O2.HI/c1-2-24-22(25-10-11-29-21(30)16-26-23(29)31)28-14-12-27(13-15-28)17-19-8-5-7-18-6-3-4-9-20(18)19;/h3-9H,2,10-17H2,1H3,(H,24,25)(H,26,31);1H. The number of halogens is 1. The van der Waals surface area contributed by atoms with Crippen LogP contribution in [0, 0.1) is 0 Å². The van der Waals surface area contributed by atoms with Gasteiger partial charge in [0.15, 0.2) is 5.96 Å². The second kappa shape index (κ2) is 11.5. The Bertz CT molecular complexity index is 953. The van der Waals surface area contributed by atoms with Crippen molar-refractivity contribution >= 4 is 52.6 Å². The summed E-state index contributed by atoms with van der Waals surface area (Å²) in [7, 11) is 0. The smallest absolute Gasteiger partial charge is 0.324 e. The van der Waals surface area contributed by atoms with Gasteiger partial charge >= 0.3 is 6.03 Å². The minimum absolute atomic E-state index is 0. The van der Waals surface area contributed by atoms with Crippen LogP contribution >= 0.6 is 24.0 Å². The third-order valence-electron chi connectivity index (χ3n) is 5.80. The first-order chi connectivity index (χ1) is 15.2. The Labute approximate surface area is 206 Å². The number of guanidine groups is 1. The molecule has 0 saturated carbocycles. The summed E-state index contributed by atoms with van der Waals surface area (Å²) in [5, 5.41) is 8.49. The van der Waals surface area contributed by atoms with Gasteiger partial charge < -0.3 is 15.5 Å². The molecule has 2 aliphatic rings. The van der Waals surface area contributed by atoms with E-state index in [1.807, 2.05) is 6.92 Å². The van der Waals surface area contributed by atoms with E-state index in [0.717, 1.165) is 45.2 Å². The number of aliphatic imine (C=N–C) groups is 1. The van der Waals surface area contributed by atoms with Gasteiger partial charge in [-0.1, -0.05) is 42.5 Å². The fraction of sp³-hybridized carbons (Fsp3) is 0.435. The van der Waals surface area contributed by atoms with E-state index >= 15 is 0 Å². The van der Waals surface area contributed by atoms with E-state index in [4.69, 9.17) is 0 Å². The molecule has 2 aromatic carbocycles. The first-order valence-corrected chi connectivity index (χ1v) is 11.0. The van der Waals surface area contributed by atoms with E-state index in [2.05, 4.69) is 67.9 Å². The second-order valence-corrected chi connectivity index (χ2v) is 7.84. The minimum Gasteiger partial charge on any atom is -0.357 e. The third-order valence-corrected chi connectivity index (χ3v) is 5.80. The van der Waals surface area contributed by atoms with Crippen molar-refractivity contribution in [2.24, 2.45) is 4.99 Å². The Balaban J connectivity index is 0.00000289. The van der Waals surface area contributed by atoms with Gasteiger partial charge in [-0.25, -0.2) is 4.79 Å². The van der Waals surface area contributed by atoms with Crippen molar-refractivity contribution in [1.82, 2.24) is 25.3 Å². The zero-order chi connectivity index (χ0) is 21.6. The minimum atomic E-state index is -0.327. The molecule has 0 bridgehead atoms. The maximum Gasteiger partial charge on any atom is 0.324 e. The van der Waals surface area contributed by atoms with Crippen molar-refractivity contribution in [2.45, 2.75) is 13.5 Å². The van der Waals surface area contributed by atoms with Crippen LogP contribution in [0.1, 0.15) is 12.5 Å². The van der Waals surface area contributed by atoms with Crippen LogP contribution in [0.5, 0.6) is 0 Å². The van der Waals surface area contributed by atoms with E-state index < -0.39 is 0 Å². The molecular formula is C23H31IN6O2. The molecule has 0 atom stereocenters. The van der Waals surface area contributed by atoms with Gasteiger partial charge in [0.05, 0.1) is 19.6 Å². The first kappa shape index (κ1) is 24.2. The van der Waals surface area contributed by atoms with Gasteiger partial charge in [0.1, 0.15) is 0 Å². The second-order valence-electron chi connectivity index (χ2n) is 7.84. The normalized spacial score (nSPS) is 17.5. The zero-order valence-corrected chi connectivity index (χ0v) is 20.7. The van der Waals surface area contributed by atoms with Gasteiger partial charge in [-0.3, -0.25) is 19.6 Å². The molecule has 2 fully saturated rings. The SMILES string of the molecule is CCNC(=NCCN1C(=O)CNC1=O)N1CCN(Cc2cccc3ccccc23)CC1.I. The maximum absolute atomic E-state index is 11.7. The predicted octanol–water partition coefficient (Wildman–Crippen LogP) is 2.09. The van der Waals surface area contributed by atoms with Crippen molar-refractivity contribution in [1.29, 1.82) is 0 Å². The molecule has 0 unspecified atom stereocenters. The number of benzene rings is 2. The quantitative estimate of drug-likeness (QED) is 0.249. The molecule has 0 aliphatic carbocycles. The van der Waals surface area contributed by atoms with Crippen molar-refractivity contribution in [2.75, 3.05) is 52.4 Å². The van der Waals surface area contributed by atoms with Gasteiger partial charge in [0.25, 0.3) is 0 Å². The van der Waals surface area contributed by atoms with Gasteiger partial charge in [-0.05, 0) is 23.3 Å². The first-order valence-electron chi connectivity index (χ1n) is 11.0. The Morgan fingerprint density at radius 1 is 1.06 bits per heavy atom. The van der Waals surface area contributed by atoms with Gasteiger partial charge in [-0.15, -0.1) is 24.0 Å². The number of rotatable bonds is 6. The largest absolute Gasteiger partial charge is 0.357 e. The number of imide groups is 1. The van der Waals surface area contributed by atoms with Crippen LogP contribution < -0.4 is 10.6 Å². The van der Waals surface area contributed by atoms with Crippen LogP contribution in [0.15, 0.2) is 47.5 Å². The molecule has 172 valence electrons. The maximum atomic E-state index is 11.7. The van der Waals surface area contributed by atoms with Crippen molar-refractivity contribution < 1.29 is 9.59 Å². The van der Waals surface area contributed by atoms with Crippen LogP contribution in [0.2, 0.25) is 0 Å². The highest BCUT2D eigenvalue weighted by Crippen LogP contribution is 2.20. The molecule has 2 heterocycles. The number of hydrogen-bond donors (Lipinski definition) is 2. The fourth-order valence-electron chi connectivity index (χ4n) is 4.15. The number of fused-ring (bicyclic) bond motifs is 1. The van der Waals surface area contributed by atoms with Gasteiger partial charge in [-0.2, -0.15) is 0 Å². The van der Waals surface area contributed by atoms with Crippen molar-refractivity contribution in [3.05, 3.63) is 48.0 Å². The number of piperazine rings is 1. The molecule has 0 spiro atoms. The van der Waals surface area contributed by atoms with Crippen LogP contribution in [-0.2, 0) is 11.3 Å². The summed E-state index contributed by atoms with van der Waals surface area (Å²) in [5.41, 5.74) is 1.36. The summed E-state index contributed by atoms with van der Waals surface area (Å²) in [6.45, 7) is 8.25. The highest BCUT2D eigenvalue weighted by molar-refractivity contribution is 14.0. The van der Waals surface area contributed by atoms with E-state index in [-0.39, 0.29) is 42.5 Å². The Morgan fingerprint density at radius 2 is 1.81 bits per heavy atom. The lowest BCUT2D eigenvalue weighted by atomic mass is 10.0. The highest BCUT2D eigenvalue weighted by atomic mass is 127. The molecule has 32 heavy (non-hydrogen) atoms. The lowest BCUT2D eigenvalue weighted by molar-refractivity contribution is -0.124. The molecule has 4 rings (SSSR count). The number of carbonyl (C=O) groups excluding carboxylic acids is 2. The number of hydrogen-bond acceptors (Lipinski definition) is 4. The number of nitrogens with zero attached hydrogens (tertiary/aromatic N) is 4. The Morgan fingerprint density at radius 3 is 2.53 bits per heavy atom. The average molecular weight is 550 g/mol. The number of carbonyl (C=O) groups is 2. The molecule has 2 saturated heterocycles. The van der Waals surface area contributed by atoms with E-state index in [0.29, 0.717) is 13.1 Å². The molecule has 2 aromatic rings.